The Labute approximate surface area is 69.5 Å². The van der Waals surface area contributed by atoms with E-state index in [9.17, 15) is 17.6 Å². The summed E-state index contributed by atoms with van der Waals surface area (Å²) < 4.78 is 48.0. The molecule has 68 valence electrons. The van der Waals surface area contributed by atoms with Gasteiger partial charge in [-0.15, -0.1) is 0 Å². The molecule has 0 saturated heterocycles. The molecule has 1 heterocycles. The predicted octanol–water partition coefficient (Wildman–Crippen LogP) is 2.64. The second kappa shape index (κ2) is 2.93. The second-order valence-corrected chi connectivity index (χ2v) is 2.48. The van der Waals surface area contributed by atoms with Crippen molar-refractivity contribution >= 4 is 11.6 Å². The molecule has 7 heteroatoms. The highest BCUT2D eigenvalue weighted by molar-refractivity contribution is 6.21. The molecule has 0 radical (unpaired) electrons. The molecular formula is C5H3ClF4N2. The first-order valence-electron chi connectivity index (χ1n) is 2.82. The molecule has 1 aromatic rings. The number of halogens is 5. The average Bonchev–Trinajstić information content (AvgIpc) is 2.30. The molecule has 0 bridgehead atoms. The van der Waals surface area contributed by atoms with Gasteiger partial charge < -0.3 is 0 Å². The van der Waals surface area contributed by atoms with E-state index in [1.165, 1.54) is 0 Å². The van der Waals surface area contributed by atoms with E-state index in [4.69, 9.17) is 0 Å². The lowest BCUT2D eigenvalue weighted by molar-refractivity contribution is 0.0899. The highest BCUT2D eigenvalue weighted by atomic mass is 35.5. The number of aromatic nitrogens is 2. The molecule has 0 spiro atoms. The zero-order chi connectivity index (χ0) is 9.35. The summed E-state index contributed by atoms with van der Waals surface area (Å²) in [4.78, 5) is 0. The second-order valence-electron chi connectivity index (χ2n) is 2.01. The largest absolute Gasteiger partial charge is 0.366 e. The van der Waals surface area contributed by atoms with Crippen molar-refractivity contribution in [3.05, 3.63) is 17.5 Å². The van der Waals surface area contributed by atoms with Crippen LogP contribution in [0.3, 0.4) is 0 Å². The standard InChI is InChI=1S/C5H3ClF4N2/c6-5(9,10)3-1-2(4(7)8)11-12-3/h1,4H,(H,11,12). The monoisotopic (exact) mass is 202 g/mol. The van der Waals surface area contributed by atoms with Gasteiger partial charge in [0.1, 0.15) is 11.4 Å². The summed E-state index contributed by atoms with van der Waals surface area (Å²) in [5.74, 6) is 0. The van der Waals surface area contributed by atoms with E-state index in [-0.39, 0.29) is 0 Å². The van der Waals surface area contributed by atoms with Crippen molar-refractivity contribution in [2.45, 2.75) is 11.8 Å². The predicted molar refractivity (Wildman–Crippen MR) is 33.3 cm³/mol. The Morgan fingerprint density at radius 2 is 2.08 bits per heavy atom. The Morgan fingerprint density at radius 3 is 2.33 bits per heavy atom. The van der Waals surface area contributed by atoms with E-state index < -0.39 is 23.2 Å². The van der Waals surface area contributed by atoms with E-state index in [0.29, 0.717) is 6.07 Å². The fourth-order valence-electron chi connectivity index (χ4n) is 0.594. The smallest absolute Gasteiger partial charge is 0.276 e. The molecule has 0 aliphatic heterocycles. The highest BCUT2D eigenvalue weighted by Gasteiger charge is 2.32. The van der Waals surface area contributed by atoms with Crippen LogP contribution in [-0.2, 0) is 5.38 Å². The van der Waals surface area contributed by atoms with E-state index in [2.05, 4.69) is 16.7 Å². The van der Waals surface area contributed by atoms with Crippen molar-refractivity contribution in [3.63, 3.8) is 0 Å². The minimum Gasteiger partial charge on any atom is -0.276 e. The summed E-state index contributed by atoms with van der Waals surface area (Å²) in [7, 11) is 0. The van der Waals surface area contributed by atoms with Crippen molar-refractivity contribution in [1.29, 1.82) is 0 Å². The van der Waals surface area contributed by atoms with Gasteiger partial charge in [0.05, 0.1) is 0 Å². The first-order valence-corrected chi connectivity index (χ1v) is 3.19. The molecular weight excluding hydrogens is 200 g/mol. The Hall–Kier alpha value is -0.780. The molecule has 0 amide bonds. The van der Waals surface area contributed by atoms with Gasteiger partial charge in [-0.2, -0.15) is 13.9 Å². The maximum absolute atomic E-state index is 12.2. The van der Waals surface area contributed by atoms with Crippen molar-refractivity contribution in [2.24, 2.45) is 0 Å². The molecule has 0 saturated carbocycles. The molecule has 0 atom stereocenters. The fourth-order valence-corrected chi connectivity index (χ4v) is 0.690. The molecule has 1 N–H and O–H groups in total. The molecule has 0 unspecified atom stereocenters. The van der Waals surface area contributed by atoms with E-state index in [0.717, 1.165) is 0 Å². The zero-order valence-corrected chi connectivity index (χ0v) is 6.25. The lowest BCUT2D eigenvalue weighted by Crippen LogP contribution is -2.03. The molecule has 0 aliphatic rings. The minimum atomic E-state index is -3.70. The molecule has 1 aromatic heterocycles. The van der Waals surface area contributed by atoms with Gasteiger partial charge in [0.15, 0.2) is 0 Å². The summed E-state index contributed by atoms with van der Waals surface area (Å²) in [5, 5.41) is 0.964. The number of hydrogen-bond acceptors (Lipinski definition) is 1. The molecule has 12 heavy (non-hydrogen) atoms. The Kier molecular flexibility index (Phi) is 2.27. The van der Waals surface area contributed by atoms with Gasteiger partial charge in [0.2, 0.25) is 0 Å². The van der Waals surface area contributed by atoms with Crippen LogP contribution in [0.4, 0.5) is 17.6 Å². The van der Waals surface area contributed by atoms with Crippen molar-refractivity contribution < 1.29 is 17.6 Å². The summed E-state index contributed by atoms with van der Waals surface area (Å²) >= 11 is 4.52. The molecule has 0 aliphatic carbocycles. The maximum Gasteiger partial charge on any atom is 0.366 e. The lowest BCUT2D eigenvalue weighted by atomic mass is 10.4. The summed E-state index contributed by atoms with van der Waals surface area (Å²) in [6.07, 6.45) is -2.86. The van der Waals surface area contributed by atoms with Crippen LogP contribution in [0.1, 0.15) is 17.8 Å². The van der Waals surface area contributed by atoms with Gasteiger partial charge in [-0.05, 0) is 17.7 Å². The lowest BCUT2D eigenvalue weighted by Gasteiger charge is -2.00. The van der Waals surface area contributed by atoms with E-state index in [1.807, 2.05) is 0 Å². The normalized spacial score (nSPS) is 12.5. The van der Waals surface area contributed by atoms with Gasteiger partial charge in [-0.1, -0.05) is 0 Å². The minimum absolute atomic E-state index is 0.525. The van der Waals surface area contributed by atoms with Gasteiger partial charge in [0.25, 0.3) is 6.43 Å². The third-order valence-corrected chi connectivity index (χ3v) is 1.32. The number of nitrogens with zero attached hydrogens (tertiary/aromatic N) is 1. The number of alkyl halides is 5. The van der Waals surface area contributed by atoms with Crippen LogP contribution in [0.15, 0.2) is 6.07 Å². The highest BCUT2D eigenvalue weighted by Crippen LogP contribution is 2.32. The topological polar surface area (TPSA) is 28.7 Å². The Morgan fingerprint density at radius 1 is 1.50 bits per heavy atom. The number of nitrogens with one attached hydrogen (secondary N) is 1. The maximum atomic E-state index is 12.2. The molecule has 1 rings (SSSR count). The van der Waals surface area contributed by atoms with Crippen LogP contribution in [-0.4, -0.2) is 10.2 Å². The number of rotatable bonds is 2. The number of aromatic amines is 1. The van der Waals surface area contributed by atoms with Gasteiger partial charge in [0, 0.05) is 0 Å². The van der Waals surface area contributed by atoms with Crippen molar-refractivity contribution in [1.82, 2.24) is 10.2 Å². The van der Waals surface area contributed by atoms with Crippen molar-refractivity contribution in [3.8, 4) is 0 Å². The Balaban J connectivity index is 2.92. The van der Waals surface area contributed by atoms with E-state index >= 15 is 0 Å². The molecule has 2 nitrogen and oxygen atoms in total. The van der Waals surface area contributed by atoms with Crippen LogP contribution < -0.4 is 0 Å². The van der Waals surface area contributed by atoms with Gasteiger partial charge in [-0.25, -0.2) is 8.78 Å². The SMILES string of the molecule is FC(F)c1cc(C(F)(F)Cl)n[nH]1. The summed E-state index contributed by atoms with van der Waals surface area (Å²) in [6.45, 7) is 0. The van der Waals surface area contributed by atoms with Crippen LogP contribution in [0.25, 0.3) is 0 Å². The van der Waals surface area contributed by atoms with Crippen LogP contribution in [0.5, 0.6) is 0 Å². The zero-order valence-electron chi connectivity index (χ0n) is 5.49. The summed E-state index contributed by atoms with van der Waals surface area (Å²) in [6, 6.07) is 0.525. The third-order valence-electron chi connectivity index (χ3n) is 1.12. The molecule has 0 aromatic carbocycles. The van der Waals surface area contributed by atoms with Crippen LogP contribution in [0.2, 0.25) is 0 Å². The van der Waals surface area contributed by atoms with Gasteiger partial charge in [-0.3, -0.25) is 5.10 Å². The number of H-pyrrole nitrogens is 1. The summed E-state index contributed by atoms with van der Waals surface area (Å²) in [5.41, 5.74) is -1.58. The van der Waals surface area contributed by atoms with Crippen LogP contribution >= 0.6 is 11.6 Å². The number of hydrogen-bond donors (Lipinski definition) is 1. The fraction of sp³-hybridized carbons (Fsp3) is 0.400. The molecule has 0 fully saturated rings. The third kappa shape index (κ3) is 1.88. The first kappa shape index (κ1) is 9.31. The van der Waals surface area contributed by atoms with Gasteiger partial charge >= 0.3 is 5.38 Å². The van der Waals surface area contributed by atoms with Crippen molar-refractivity contribution in [2.75, 3.05) is 0 Å². The van der Waals surface area contributed by atoms with E-state index in [1.54, 1.807) is 5.10 Å². The average molecular weight is 203 g/mol. The first-order chi connectivity index (χ1) is 5.41. The Bertz CT molecular complexity index is 267. The quantitative estimate of drug-likeness (QED) is 0.580. The van der Waals surface area contributed by atoms with Crippen LogP contribution in [0, 0.1) is 0 Å².